The second kappa shape index (κ2) is 4.29. The van der Waals surface area contributed by atoms with E-state index in [4.69, 9.17) is 0 Å². The van der Waals surface area contributed by atoms with Crippen LogP contribution >= 0.6 is 22.9 Å². The number of hydrogen-bond donors (Lipinski definition) is 0. The number of nitrogens with zero attached hydrogens (tertiary/aromatic N) is 4. The molecule has 0 atom stereocenters. The maximum absolute atomic E-state index is 4.29. The van der Waals surface area contributed by atoms with Gasteiger partial charge in [0.25, 0.3) is 0 Å². The number of hydrogen-bond acceptors (Lipinski definition) is 3. The molecule has 0 spiro atoms. The first kappa shape index (κ1) is 10.5. The molecule has 0 saturated carbocycles. The van der Waals surface area contributed by atoms with Gasteiger partial charge in [0.05, 0.1) is 11.6 Å². The fourth-order valence-electron chi connectivity index (χ4n) is 2.24. The Morgan fingerprint density at radius 1 is 1.19 bits per heavy atom. The Kier molecular flexibility index (Phi) is 2.81. The third-order valence-electron chi connectivity index (χ3n) is 3.13. The first-order valence-corrected chi connectivity index (χ1v) is 6.52. The van der Waals surface area contributed by atoms with Crippen molar-refractivity contribution in [2.24, 2.45) is 0 Å². The molecular weight excluding hydrogens is 315 g/mol. The first-order valence-electron chi connectivity index (χ1n) is 5.55. The van der Waals surface area contributed by atoms with Gasteiger partial charge < -0.3 is 0 Å². The Bertz CT molecular complexity index is 487. The lowest BCUT2D eigenvalue weighted by molar-refractivity contribution is 0.292. The maximum atomic E-state index is 4.29. The third-order valence-corrected chi connectivity index (χ3v) is 4.10. The van der Waals surface area contributed by atoms with Crippen LogP contribution in [-0.2, 0) is 0 Å². The van der Waals surface area contributed by atoms with Crippen LogP contribution < -0.4 is 0 Å². The van der Waals surface area contributed by atoms with E-state index in [9.17, 15) is 0 Å². The van der Waals surface area contributed by atoms with Crippen molar-refractivity contribution >= 4 is 33.9 Å². The van der Waals surface area contributed by atoms with E-state index in [1.807, 2.05) is 12.1 Å². The van der Waals surface area contributed by atoms with Crippen molar-refractivity contribution in [2.45, 2.75) is 18.9 Å². The van der Waals surface area contributed by atoms with Gasteiger partial charge in [0, 0.05) is 36.0 Å². The van der Waals surface area contributed by atoms with Crippen molar-refractivity contribution < 1.29 is 0 Å². The number of rotatable bonds is 1. The van der Waals surface area contributed by atoms with Crippen LogP contribution in [0, 0.1) is 0 Å². The van der Waals surface area contributed by atoms with Crippen molar-refractivity contribution in [3.8, 4) is 0 Å². The zero-order valence-corrected chi connectivity index (χ0v) is 11.0. The second-order valence-electron chi connectivity index (χ2n) is 4.16. The number of para-hydroxylation sites is 1. The average molecular weight is 328 g/mol. The Balaban J connectivity index is 1.94. The molecule has 0 N–H and O–H groups in total. The highest BCUT2D eigenvalue weighted by molar-refractivity contribution is 14.1. The molecule has 1 saturated heterocycles. The monoisotopic (exact) mass is 328 g/mol. The Morgan fingerprint density at radius 2 is 1.94 bits per heavy atom. The van der Waals surface area contributed by atoms with Crippen LogP contribution in [0.2, 0.25) is 0 Å². The summed E-state index contributed by atoms with van der Waals surface area (Å²) in [7, 11) is 0. The summed E-state index contributed by atoms with van der Waals surface area (Å²) in [6.07, 6.45) is 2.33. The van der Waals surface area contributed by atoms with E-state index in [1.165, 1.54) is 0 Å². The molecule has 16 heavy (non-hydrogen) atoms. The lowest BCUT2D eigenvalue weighted by Crippen LogP contribution is -2.28. The summed E-state index contributed by atoms with van der Waals surface area (Å²) in [4.78, 5) is 0. The SMILES string of the molecule is IN1CCC(n2nnc3ccccc32)CC1. The van der Waals surface area contributed by atoms with Crippen LogP contribution in [-0.4, -0.2) is 31.2 Å². The Hall–Kier alpha value is -0.690. The number of aromatic nitrogens is 3. The van der Waals surface area contributed by atoms with Crippen molar-refractivity contribution in [1.29, 1.82) is 0 Å². The van der Waals surface area contributed by atoms with Gasteiger partial charge in [-0.05, 0) is 25.0 Å². The van der Waals surface area contributed by atoms with Gasteiger partial charge in [0.1, 0.15) is 5.52 Å². The van der Waals surface area contributed by atoms with E-state index >= 15 is 0 Å². The number of piperidine rings is 1. The van der Waals surface area contributed by atoms with Gasteiger partial charge in [-0.2, -0.15) is 0 Å². The normalized spacial score (nSPS) is 19.3. The summed E-state index contributed by atoms with van der Waals surface area (Å²) in [5.41, 5.74) is 2.16. The largest absolute Gasteiger partial charge is 0.247 e. The van der Waals surface area contributed by atoms with Gasteiger partial charge in [-0.3, -0.25) is 0 Å². The van der Waals surface area contributed by atoms with Gasteiger partial charge in [-0.1, -0.05) is 17.3 Å². The number of fused-ring (bicyclic) bond motifs is 1. The molecule has 84 valence electrons. The molecular formula is C11H13IN4. The molecule has 4 nitrogen and oxygen atoms in total. The van der Waals surface area contributed by atoms with Crippen molar-refractivity contribution in [2.75, 3.05) is 13.1 Å². The van der Waals surface area contributed by atoms with E-state index in [2.05, 4.69) is 53.1 Å². The average Bonchev–Trinajstić information content (AvgIpc) is 2.74. The number of benzene rings is 1. The topological polar surface area (TPSA) is 34.0 Å². The van der Waals surface area contributed by atoms with Gasteiger partial charge >= 0.3 is 0 Å². The van der Waals surface area contributed by atoms with Crippen LogP contribution in [0.25, 0.3) is 11.0 Å². The lowest BCUT2D eigenvalue weighted by Gasteiger charge is -2.27. The van der Waals surface area contributed by atoms with Gasteiger partial charge in [0.15, 0.2) is 0 Å². The van der Waals surface area contributed by atoms with Crippen LogP contribution in [0.5, 0.6) is 0 Å². The van der Waals surface area contributed by atoms with Crippen LogP contribution in [0.3, 0.4) is 0 Å². The standard InChI is InChI=1S/C11H13IN4/c12-15-7-5-9(6-8-15)16-11-4-2-1-3-10(11)13-14-16/h1-4,9H,5-8H2. The zero-order chi connectivity index (χ0) is 11.0. The summed E-state index contributed by atoms with van der Waals surface area (Å²) >= 11 is 2.39. The summed E-state index contributed by atoms with van der Waals surface area (Å²) in [5.74, 6) is 0. The van der Waals surface area contributed by atoms with E-state index in [1.54, 1.807) is 0 Å². The summed E-state index contributed by atoms with van der Waals surface area (Å²) in [6, 6.07) is 8.70. The minimum absolute atomic E-state index is 0.512. The van der Waals surface area contributed by atoms with Crippen LogP contribution in [0.1, 0.15) is 18.9 Å². The highest BCUT2D eigenvalue weighted by Gasteiger charge is 2.21. The molecule has 1 aromatic heterocycles. The maximum Gasteiger partial charge on any atom is 0.113 e. The fraction of sp³-hybridized carbons (Fsp3) is 0.455. The molecule has 2 heterocycles. The van der Waals surface area contributed by atoms with Crippen LogP contribution in [0.15, 0.2) is 24.3 Å². The van der Waals surface area contributed by atoms with Crippen molar-refractivity contribution in [3.63, 3.8) is 0 Å². The minimum Gasteiger partial charge on any atom is -0.247 e. The van der Waals surface area contributed by atoms with Gasteiger partial charge in [-0.15, -0.1) is 5.10 Å². The number of halogens is 1. The van der Waals surface area contributed by atoms with Gasteiger partial charge in [-0.25, -0.2) is 7.80 Å². The molecule has 1 aliphatic heterocycles. The molecule has 2 aromatic rings. The quantitative estimate of drug-likeness (QED) is 0.596. The third kappa shape index (κ3) is 1.82. The van der Waals surface area contributed by atoms with E-state index in [-0.39, 0.29) is 0 Å². The van der Waals surface area contributed by atoms with Crippen LogP contribution in [0.4, 0.5) is 0 Å². The van der Waals surface area contributed by atoms with E-state index < -0.39 is 0 Å². The summed E-state index contributed by atoms with van der Waals surface area (Å²) < 4.78 is 4.44. The van der Waals surface area contributed by atoms with Crippen molar-refractivity contribution in [3.05, 3.63) is 24.3 Å². The highest BCUT2D eigenvalue weighted by Crippen LogP contribution is 2.26. The zero-order valence-electron chi connectivity index (χ0n) is 8.88. The molecule has 0 unspecified atom stereocenters. The Morgan fingerprint density at radius 3 is 2.75 bits per heavy atom. The van der Waals surface area contributed by atoms with Crippen molar-refractivity contribution in [1.82, 2.24) is 18.1 Å². The molecule has 1 aliphatic rings. The minimum atomic E-state index is 0.512. The molecule has 5 heteroatoms. The molecule has 0 aliphatic carbocycles. The van der Waals surface area contributed by atoms with Gasteiger partial charge in [0.2, 0.25) is 0 Å². The molecule has 0 amide bonds. The fourth-order valence-corrected chi connectivity index (χ4v) is 2.79. The molecule has 0 bridgehead atoms. The highest BCUT2D eigenvalue weighted by atomic mass is 127. The Labute approximate surface area is 108 Å². The predicted octanol–water partition coefficient (Wildman–Crippen LogP) is 2.42. The molecule has 1 aromatic carbocycles. The lowest BCUT2D eigenvalue weighted by atomic mass is 10.1. The predicted molar refractivity (Wildman–Crippen MR) is 71.4 cm³/mol. The molecule has 1 fully saturated rings. The van der Waals surface area contributed by atoms with E-state index in [0.29, 0.717) is 6.04 Å². The first-order chi connectivity index (χ1) is 7.84. The second-order valence-corrected chi connectivity index (χ2v) is 5.53. The summed E-state index contributed by atoms with van der Waals surface area (Å²) in [6.45, 7) is 2.28. The summed E-state index contributed by atoms with van der Waals surface area (Å²) in [5, 5.41) is 8.50. The van der Waals surface area contributed by atoms with E-state index in [0.717, 1.165) is 37.0 Å². The smallest absolute Gasteiger partial charge is 0.113 e. The molecule has 3 rings (SSSR count). The molecule has 0 radical (unpaired) electrons.